The highest BCUT2D eigenvalue weighted by Gasteiger charge is 2.37. The quantitative estimate of drug-likeness (QED) is 0.549. The van der Waals surface area contributed by atoms with Crippen molar-refractivity contribution in [2.45, 2.75) is 70.5 Å². The van der Waals surface area contributed by atoms with Crippen molar-refractivity contribution in [3.63, 3.8) is 0 Å². The molecule has 3 atom stereocenters. The molecule has 37 heavy (non-hydrogen) atoms. The largest absolute Gasteiger partial charge is 0.355 e. The number of carbonyl (C=O) groups excluding carboxylic acids is 4. The van der Waals surface area contributed by atoms with Crippen LogP contribution in [0.1, 0.15) is 61.9 Å². The Labute approximate surface area is 217 Å². The molecule has 9 nitrogen and oxygen atoms in total. The highest BCUT2D eigenvalue weighted by molar-refractivity contribution is 5.98. The summed E-state index contributed by atoms with van der Waals surface area (Å²) in [5.41, 5.74) is 0.749. The summed E-state index contributed by atoms with van der Waals surface area (Å²) in [5.74, 6) is -1.85. The summed E-state index contributed by atoms with van der Waals surface area (Å²) in [5, 5.41) is 9.12. The van der Waals surface area contributed by atoms with Crippen LogP contribution in [0, 0.1) is 11.7 Å². The van der Waals surface area contributed by atoms with Crippen molar-refractivity contribution in [1.29, 1.82) is 0 Å². The van der Waals surface area contributed by atoms with Crippen LogP contribution in [0.3, 0.4) is 0 Å². The number of hydrogen-bond donors (Lipinski definition) is 3. The van der Waals surface area contributed by atoms with E-state index in [4.69, 9.17) is 0 Å². The molecule has 0 aliphatic carbocycles. The average molecular weight is 516 g/mol. The predicted molar refractivity (Wildman–Crippen MR) is 136 cm³/mol. The normalized spacial score (nSPS) is 26.1. The van der Waals surface area contributed by atoms with Crippen LogP contribution in [0.5, 0.6) is 0 Å². The lowest BCUT2D eigenvalue weighted by Gasteiger charge is -2.33. The average Bonchev–Trinajstić information content (AvgIpc) is 3.58. The maximum Gasteiger partial charge on any atom is 0.257 e. The van der Waals surface area contributed by atoms with E-state index < -0.39 is 23.8 Å². The zero-order valence-corrected chi connectivity index (χ0v) is 21.7. The Balaban J connectivity index is 1.62. The van der Waals surface area contributed by atoms with Crippen LogP contribution in [0.15, 0.2) is 18.2 Å². The Hall–Kier alpha value is -3.01. The first-order valence-corrected chi connectivity index (χ1v) is 13.4. The third-order valence-electron chi connectivity index (χ3n) is 7.60. The van der Waals surface area contributed by atoms with Gasteiger partial charge in [0.1, 0.15) is 11.9 Å². The van der Waals surface area contributed by atoms with E-state index in [1.807, 2.05) is 13.8 Å². The third kappa shape index (κ3) is 6.47. The molecule has 3 heterocycles. The molecule has 0 spiro atoms. The minimum atomic E-state index is -0.712. The molecule has 202 valence electrons. The fourth-order valence-corrected chi connectivity index (χ4v) is 5.37. The van der Waals surface area contributed by atoms with E-state index in [9.17, 15) is 23.6 Å². The second-order valence-corrected chi connectivity index (χ2v) is 10.7. The van der Waals surface area contributed by atoms with E-state index in [1.165, 1.54) is 15.9 Å². The zero-order valence-electron chi connectivity index (χ0n) is 21.7. The summed E-state index contributed by atoms with van der Waals surface area (Å²) in [6.45, 7) is 5.51. The lowest BCUT2D eigenvalue weighted by atomic mass is 10.0. The maximum absolute atomic E-state index is 14.7. The molecular formula is C27H38FN5O4. The molecule has 4 amide bonds. The van der Waals surface area contributed by atoms with Crippen molar-refractivity contribution < 1.29 is 23.6 Å². The van der Waals surface area contributed by atoms with Gasteiger partial charge in [0.05, 0.1) is 18.2 Å². The van der Waals surface area contributed by atoms with Gasteiger partial charge in [0.15, 0.2) is 0 Å². The Morgan fingerprint density at radius 2 is 1.89 bits per heavy atom. The van der Waals surface area contributed by atoms with Crippen LogP contribution in [0.25, 0.3) is 0 Å². The van der Waals surface area contributed by atoms with Crippen molar-refractivity contribution in [3.05, 3.63) is 35.1 Å². The standard InChI is InChI=1S/C27H38FN5O4/c1-17(2)22-15-32(27(37)21-7-4-11-29-21)16-24(34)30-12-3-6-18-9-10-20(28)19(14-18)26(36)33-13-5-8-23(33)25(35)31-22/h9-10,14,17,21-23,29H,3-8,11-13,15-16H2,1-2H3,(H,30,34)(H,31,35)/t21-,22+,23+/m1/s1. The number of fused-ring (bicyclic) bond motifs is 3. The number of aryl methyl sites for hydroxylation is 1. The minimum Gasteiger partial charge on any atom is -0.355 e. The van der Waals surface area contributed by atoms with E-state index >= 15 is 0 Å². The summed E-state index contributed by atoms with van der Waals surface area (Å²) in [6.07, 6.45) is 3.90. The molecule has 3 N–H and O–H groups in total. The number of benzene rings is 1. The van der Waals surface area contributed by atoms with Crippen LogP contribution in [-0.2, 0) is 20.8 Å². The van der Waals surface area contributed by atoms with Crippen molar-refractivity contribution >= 4 is 23.6 Å². The van der Waals surface area contributed by atoms with Crippen molar-refractivity contribution in [2.75, 3.05) is 32.7 Å². The van der Waals surface area contributed by atoms with Gasteiger partial charge in [-0.2, -0.15) is 0 Å². The Bertz CT molecular complexity index is 1030. The second kappa shape index (κ2) is 12.0. The molecule has 0 aromatic heterocycles. The van der Waals surface area contributed by atoms with Crippen molar-refractivity contribution in [3.8, 4) is 0 Å². The van der Waals surface area contributed by atoms with E-state index in [-0.39, 0.29) is 48.3 Å². The minimum absolute atomic E-state index is 0.0272. The molecule has 2 bridgehead atoms. The van der Waals surface area contributed by atoms with E-state index in [1.54, 1.807) is 12.1 Å². The van der Waals surface area contributed by atoms with Crippen LogP contribution in [0.4, 0.5) is 4.39 Å². The van der Waals surface area contributed by atoms with Gasteiger partial charge < -0.3 is 25.8 Å². The first kappa shape index (κ1) is 27.0. The number of nitrogens with one attached hydrogen (secondary N) is 3. The fraction of sp³-hybridized carbons (Fsp3) is 0.630. The molecule has 4 rings (SSSR count). The second-order valence-electron chi connectivity index (χ2n) is 10.7. The lowest BCUT2D eigenvalue weighted by molar-refractivity contribution is -0.138. The first-order chi connectivity index (χ1) is 17.7. The number of amides is 4. The molecule has 3 aliphatic rings. The SMILES string of the molecule is CC(C)[C@@H]1CN(C(=O)[C@H]2CCCN2)CC(=O)NCCCc2ccc(F)c(c2)C(=O)N2CCC[C@H]2C(=O)N1. The summed E-state index contributed by atoms with van der Waals surface area (Å²) in [4.78, 5) is 55.9. The van der Waals surface area contributed by atoms with Crippen molar-refractivity contribution in [2.24, 2.45) is 5.92 Å². The molecule has 2 saturated heterocycles. The first-order valence-electron chi connectivity index (χ1n) is 13.4. The molecule has 3 aliphatic heterocycles. The molecule has 10 heteroatoms. The van der Waals surface area contributed by atoms with Gasteiger partial charge in [0, 0.05) is 25.7 Å². The van der Waals surface area contributed by atoms with E-state index in [0.717, 1.165) is 18.5 Å². The van der Waals surface area contributed by atoms with Crippen LogP contribution in [0.2, 0.25) is 0 Å². The number of nitrogens with zero attached hydrogens (tertiary/aromatic N) is 2. The molecular weight excluding hydrogens is 477 g/mol. The number of hydrogen-bond acceptors (Lipinski definition) is 5. The van der Waals surface area contributed by atoms with Gasteiger partial charge in [-0.1, -0.05) is 19.9 Å². The Morgan fingerprint density at radius 3 is 2.62 bits per heavy atom. The predicted octanol–water partition coefficient (Wildman–Crippen LogP) is 1.21. The maximum atomic E-state index is 14.7. The highest BCUT2D eigenvalue weighted by atomic mass is 19.1. The number of carbonyl (C=O) groups is 4. The zero-order chi connectivity index (χ0) is 26.5. The number of rotatable bonds is 2. The lowest BCUT2D eigenvalue weighted by Crippen LogP contribution is -2.56. The van der Waals surface area contributed by atoms with E-state index in [0.29, 0.717) is 45.2 Å². The smallest absolute Gasteiger partial charge is 0.257 e. The summed E-state index contributed by atoms with van der Waals surface area (Å²) >= 11 is 0. The summed E-state index contributed by atoms with van der Waals surface area (Å²) < 4.78 is 14.7. The molecule has 2 fully saturated rings. The van der Waals surface area contributed by atoms with Crippen LogP contribution >= 0.6 is 0 Å². The highest BCUT2D eigenvalue weighted by Crippen LogP contribution is 2.23. The van der Waals surface area contributed by atoms with Gasteiger partial charge in [-0.3, -0.25) is 19.2 Å². The Morgan fingerprint density at radius 1 is 1.08 bits per heavy atom. The molecule has 0 unspecified atom stereocenters. The fourth-order valence-electron chi connectivity index (χ4n) is 5.37. The molecule has 1 aromatic rings. The third-order valence-corrected chi connectivity index (χ3v) is 7.60. The van der Waals surface area contributed by atoms with Crippen molar-refractivity contribution in [1.82, 2.24) is 25.8 Å². The molecule has 1 aromatic carbocycles. The van der Waals surface area contributed by atoms with Gasteiger partial charge in [-0.05, 0) is 68.7 Å². The molecule has 0 saturated carbocycles. The topological polar surface area (TPSA) is 111 Å². The number of halogens is 1. The summed E-state index contributed by atoms with van der Waals surface area (Å²) in [7, 11) is 0. The van der Waals surface area contributed by atoms with Gasteiger partial charge in [0.25, 0.3) is 5.91 Å². The van der Waals surface area contributed by atoms with Gasteiger partial charge >= 0.3 is 0 Å². The van der Waals surface area contributed by atoms with Gasteiger partial charge in [0.2, 0.25) is 17.7 Å². The van der Waals surface area contributed by atoms with Gasteiger partial charge in [-0.15, -0.1) is 0 Å². The van der Waals surface area contributed by atoms with Gasteiger partial charge in [-0.25, -0.2) is 4.39 Å². The van der Waals surface area contributed by atoms with E-state index in [2.05, 4.69) is 16.0 Å². The molecule has 0 radical (unpaired) electrons. The Kier molecular flexibility index (Phi) is 8.79. The monoisotopic (exact) mass is 515 g/mol. The van der Waals surface area contributed by atoms with Crippen LogP contribution in [-0.4, -0.2) is 84.3 Å². The van der Waals surface area contributed by atoms with Crippen LogP contribution < -0.4 is 16.0 Å². The summed E-state index contributed by atoms with van der Waals surface area (Å²) in [6, 6.07) is 3.01.